The van der Waals surface area contributed by atoms with Crippen LogP contribution in [0.1, 0.15) is 49.9 Å². The van der Waals surface area contributed by atoms with Gasteiger partial charge >= 0.3 is 24.5 Å². The summed E-state index contributed by atoms with van der Waals surface area (Å²) in [5.41, 5.74) is -2.39. The zero-order valence-corrected chi connectivity index (χ0v) is 28.4. The lowest BCUT2D eigenvalue weighted by Crippen LogP contribution is -2.45. The third-order valence-corrected chi connectivity index (χ3v) is 8.42. The van der Waals surface area contributed by atoms with Crippen LogP contribution in [0.3, 0.4) is 0 Å². The minimum absolute atomic E-state index is 0.0180. The highest BCUT2D eigenvalue weighted by atomic mass is 19.4. The van der Waals surface area contributed by atoms with Gasteiger partial charge in [-0.25, -0.2) is 4.79 Å². The lowest BCUT2D eigenvalue weighted by atomic mass is 10.0. The number of hydrogen-bond donors (Lipinski definition) is 4. The number of alkyl halides is 9. The van der Waals surface area contributed by atoms with Crippen molar-refractivity contribution in [3.8, 4) is 0 Å². The normalized spacial score (nSPS) is 14.3. The smallest absolute Gasteiger partial charge is 0.475 e. The molecule has 4 aromatic rings. The summed E-state index contributed by atoms with van der Waals surface area (Å²) in [6, 6.07) is 10.4. The van der Waals surface area contributed by atoms with Crippen LogP contribution in [-0.4, -0.2) is 76.6 Å². The van der Waals surface area contributed by atoms with Crippen molar-refractivity contribution in [2.45, 2.75) is 38.9 Å². The number of rotatable bonds is 7. The maximum absolute atomic E-state index is 14.0. The Labute approximate surface area is 300 Å². The minimum Gasteiger partial charge on any atom is -0.475 e. The summed E-state index contributed by atoms with van der Waals surface area (Å²) in [6.45, 7) is 7.50. The number of carbonyl (C=O) groups is 3. The Balaban J connectivity index is 0.000000845. The summed E-state index contributed by atoms with van der Waals surface area (Å²) in [5.74, 6) is -4.37. The van der Waals surface area contributed by atoms with E-state index in [2.05, 4.69) is 20.5 Å². The number of aryl methyl sites for hydroxylation is 1. The Morgan fingerprint density at radius 1 is 0.796 bits per heavy atom. The number of amides is 2. The number of halogens is 9. The van der Waals surface area contributed by atoms with Gasteiger partial charge in [-0.15, -0.1) is 0 Å². The predicted octanol–water partition coefficient (Wildman–Crippen LogP) is 7.15. The third kappa shape index (κ3) is 10.4. The van der Waals surface area contributed by atoms with Crippen molar-refractivity contribution >= 4 is 40.1 Å². The Morgan fingerprint density at radius 2 is 1.43 bits per heavy atom. The number of aliphatic carboxylic acids is 1. The Hall–Kier alpha value is -5.43. The molecule has 1 aliphatic heterocycles. The van der Waals surface area contributed by atoms with Crippen molar-refractivity contribution in [3.63, 3.8) is 0 Å². The molecule has 1 fully saturated rings. The number of fused-ring (bicyclic) bond motifs is 1. The van der Waals surface area contributed by atoms with Crippen molar-refractivity contribution in [1.29, 1.82) is 0 Å². The second-order valence-electron chi connectivity index (χ2n) is 12.1. The van der Waals surface area contributed by atoms with E-state index in [1.165, 1.54) is 30.3 Å². The highest BCUT2D eigenvalue weighted by Gasteiger charge is 2.38. The quantitative estimate of drug-likeness (QED) is 0.147. The van der Waals surface area contributed by atoms with Crippen LogP contribution in [0.15, 0.2) is 65.6 Å². The molecule has 1 saturated heterocycles. The molecule has 54 heavy (non-hydrogen) atoms. The number of aromatic nitrogens is 1. The van der Waals surface area contributed by atoms with Gasteiger partial charge in [0, 0.05) is 66.8 Å². The molecule has 0 radical (unpaired) electrons. The topological polar surface area (TPSA) is 135 Å². The van der Waals surface area contributed by atoms with Gasteiger partial charge in [0.15, 0.2) is 0 Å². The number of H-pyrrole nitrogens is 1. The van der Waals surface area contributed by atoms with Gasteiger partial charge in [-0.1, -0.05) is 19.1 Å². The summed E-state index contributed by atoms with van der Waals surface area (Å²) in [7, 11) is 0. The Kier molecular flexibility index (Phi) is 12.5. The number of aromatic amines is 1. The van der Waals surface area contributed by atoms with Gasteiger partial charge in [0.2, 0.25) is 5.43 Å². The number of nitrogens with zero attached hydrogens (tertiary/aromatic N) is 2. The second-order valence-corrected chi connectivity index (χ2v) is 12.1. The Bertz CT molecular complexity index is 2090. The number of nitrogens with one attached hydrogen (secondary N) is 3. The lowest BCUT2D eigenvalue weighted by molar-refractivity contribution is -0.192. The first-order valence-corrected chi connectivity index (χ1v) is 16.0. The number of anilines is 2. The van der Waals surface area contributed by atoms with Crippen LogP contribution < -0.4 is 16.1 Å². The molecule has 0 bridgehead atoms. The first kappa shape index (κ1) is 41.3. The van der Waals surface area contributed by atoms with E-state index in [1.807, 2.05) is 11.8 Å². The molecule has 5 rings (SSSR count). The van der Waals surface area contributed by atoms with Gasteiger partial charge in [-0.05, 0) is 67.1 Å². The highest BCUT2D eigenvalue weighted by molar-refractivity contribution is 6.08. The molecule has 290 valence electrons. The largest absolute Gasteiger partial charge is 0.490 e. The first-order chi connectivity index (χ1) is 25.1. The monoisotopic (exact) mass is 773 g/mol. The fourth-order valence-corrected chi connectivity index (χ4v) is 5.42. The van der Waals surface area contributed by atoms with E-state index >= 15 is 0 Å². The molecule has 0 aliphatic carbocycles. The van der Waals surface area contributed by atoms with Crippen LogP contribution in [0.2, 0.25) is 0 Å². The zero-order valence-electron chi connectivity index (χ0n) is 28.4. The van der Waals surface area contributed by atoms with E-state index in [1.54, 1.807) is 6.92 Å². The lowest BCUT2D eigenvalue weighted by Gasteiger charge is -2.34. The first-order valence-electron chi connectivity index (χ1n) is 16.0. The Morgan fingerprint density at radius 3 is 2.00 bits per heavy atom. The second kappa shape index (κ2) is 16.3. The molecule has 1 aromatic heterocycles. The van der Waals surface area contributed by atoms with E-state index in [0.717, 1.165) is 50.1 Å². The number of carbonyl (C=O) groups excluding carboxylic acids is 2. The molecule has 0 atom stereocenters. The molecule has 0 spiro atoms. The van der Waals surface area contributed by atoms with Crippen molar-refractivity contribution in [2.75, 3.05) is 43.4 Å². The van der Waals surface area contributed by atoms with E-state index in [4.69, 9.17) is 9.90 Å². The summed E-state index contributed by atoms with van der Waals surface area (Å²) < 4.78 is 113. The van der Waals surface area contributed by atoms with Gasteiger partial charge in [0.1, 0.15) is 5.56 Å². The predicted molar refractivity (Wildman–Crippen MR) is 179 cm³/mol. The van der Waals surface area contributed by atoms with E-state index in [-0.39, 0.29) is 45.5 Å². The summed E-state index contributed by atoms with van der Waals surface area (Å²) in [4.78, 5) is 54.7. The van der Waals surface area contributed by atoms with Crippen molar-refractivity contribution in [1.82, 2.24) is 14.8 Å². The number of hydrogen-bond acceptors (Lipinski definition) is 6. The van der Waals surface area contributed by atoms with Crippen LogP contribution in [0.4, 0.5) is 50.9 Å². The van der Waals surface area contributed by atoms with Crippen LogP contribution in [-0.2, 0) is 23.7 Å². The molecule has 2 heterocycles. The number of pyridine rings is 1. The van der Waals surface area contributed by atoms with Gasteiger partial charge in [0.05, 0.1) is 11.1 Å². The minimum atomic E-state index is -5.08. The maximum Gasteiger partial charge on any atom is 0.490 e. The van der Waals surface area contributed by atoms with Crippen LogP contribution in [0.25, 0.3) is 10.9 Å². The van der Waals surface area contributed by atoms with E-state index in [0.29, 0.717) is 18.7 Å². The molecule has 1 aliphatic rings. The van der Waals surface area contributed by atoms with Gasteiger partial charge in [0.25, 0.3) is 11.8 Å². The van der Waals surface area contributed by atoms with Crippen molar-refractivity contribution < 1.29 is 59.0 Å². The van der Waals surface area contributed by atoms with Crippen molar-refractivity contribution in [2.24, 2.45) is 0 Å². The molecule has 10 nitrogen and oxygen atoms in total. The summed E-state index contributed by atoms with van der Waals surface area (Å²) in [6.07, 6.45) is -13.4. The fraction of sp³-hybridized carbons (Fsp3) is 0.314. The number of carboxylic acid groups (broad SMARTS) is 1. The average Bonchev–Trinajstić information content (AvgIpc) is 3.09. The number of piperazine rings is 1. The molecule has 4 N–H and O–H groups in total. The fourth-order valence-electron chi connectivity index (χ4n) is 5.42. The van der Waals surface area contributed by atoms with Crippen LogP contribution in [0.5, 0.6) is 0 Å². The molecular weight excluding hydrogens is 741 g/mol. The number of carboxylic acids is 1. The number of likely N-dealkylation sites (N-methyl/N-ethyl adjacent to an activating group) is 1. The van der Waals surface area contributed by atoms with Gasteiger partial charge in [-0.3, -0.25) is 19.3 Å². The molecule has 0 saturated carbocycles. The molecular formula is C35H32F9N5O5. The van der Waals surface area contributed by atoms with Crippen molar-refractivity contribution in [3.05, 3.63) is 104 Å². The average molecular weight is 774 g/mol. The summed E-state index contributed by atoms with van der Waals surface area (Å²) >= 11 is 0. The number of benzene rings is 3. The molecule has 3 aromatic carbocycles. The SMILES string of the molecule is CCN1CCN(Cc2ccc(NC(=O)c3ccc(C)c(NC(=O)c4c[nH]c5cc(C(F)(F)F)ccc5c4=O)c3)cc2C(F)(F)F)CC1.O=C(O)C(F)(F)F. The van der Waals surface area contributed by atoms with E-state index in [9.17, 15) is 53.9 Å². The maximum atomic E-state index is 14.0. The molecule has 2 amide bonds. The third-order valence-electron chi connectivity index (χ3n) is 8.42. The standard InChI is InChI=1S/C33H31F6N5O3.C2HF3O2/c1-3-43-10-12-44(13-11-43)18-21-6-8-23(16-26(21)33(37,38)39)41-30(46)20-5-4-19(2)27(14-20)42-31(47)25-17-40-28-15-22(32(34,35)36)7-9-24(28)29(25)45;3-2(4,5)1(6)7/h4-9,14-17H,3,10-13,18H2,1-2H3,(H,40,45)(H,41,46)(H,42,47);(H,6,7). The van der Waals surface area contributed by atoms with Crippen LogP contribution in [0, 0.1) is 6.92 Å². The summed E-state index contributed by atoms with van der Waals surface area (Å²) in [5, 5.41) is 12.0. The van der Waals surface area contributed by atoms with Gasteiger partial charge < -0.3 is 25.6 Å². The zero-order chi connectivity index (χ0) is 40.2. The molecule has 0 unspecified atom stereocenters. The van der Waals surface area contributed by atoms with Gasteiger partial charge in [-0.2, -0.15) is 39.5 Å². The van der Waals surface area contributed by atoms with Crippen LogP contribution >= 0.6 is 0 Å². The van der Waals surface area contributed by atoms with E-state index < -0.39 is 52.9 Å². The highest BCUT2D eigenvalue weighted by Crippen LogP contribution is 2.35. The molecule has 19 heteroatoms.